The Morgan fingerprint density at radius 1 is 1.13 bits per heavy atom. The number of benzene rings is 1. The standard InChI is InChI=1S/C16H18N2O4S/c1-2-23(21,22)11-10-17-16(20)13-8-6-12(7-9-13)14-4-3-5-15(19)18-14/h3-9H,2,10-11H2,1H3,(H,17,20)(H,18,19). The van der Waals surface area contributed by atoms with Gasteiger partial charge in [-0.25, -0.2) is 8.42 Å². The van der Waals surface area contributed by atoms with Gasteiger partial charge in [0.25, 0.3) is 5.91 Å². The van der Waals surface area contributed by atoms with Gasteiger partial charge in [0.2, 0.25) is 5.56 Å². The lowest BCUT2D eigenvalue weighted by atomic mass is 10.1. The first-order chi connectivity index (χ1) is 10.9. The minimum atomic E-state index is -3.09. The molecule has 0 aliphatic heterocycles. The van der Waals surface area contributed by atoms with E-state index < -0.39 is 9.84 Å². The lowest BCUT2D eigenvalue weighted by molar-refractivity contribution is 0.0956. The van der Waals surface area contributed by atoms with E-state index in [0.29, 0.717) is 11.3 Å². The summed E-state index contributed by atoms with van der Waals surface area (Å²) in [5, 5.41) is 2.58. The number of amides is 1. The summed E-state index contributed by atoms with van der Waals surface area (Å²) >= 11 is 0. The maximum atomic E-state index is 12.0. The molecular formula is C16H18N2O4S. The lowest BCUT2D eigenvalue weighted by Gasteiger charge is -2.06. The number of rotatable bonds is 6. The van der Waals surface area contributed by atoms with Crippen LogP contribution in [0.15, 0.2) is 47.3 Å². The number of aromatic nitrogens is 1. The molecule has 0 aliphatic carbocycles. The second kappa shape index (κ2) is 7.23. The topological polar surface area (TPSA) is 96.1 Å². The van der Waals surface area contributed by atoms with Crippen LogP contribution in [-0.4, -0.2) is 37.4 Å². The van der Waals surface area contributed by atoms with Gasteiger partial charge in [-0.2, -0.15) is 0 Å². The predicted octanol–water partition coefficient (Wildman–Crippen LogP) is 1.21. The first-order valence-electron chi connectivity index (χ1n) is 7.19. The molecule has 0 fully saturated rings. The van der Waals surface area contributed by atoms with Gasteiger partial charge in [-0.1, -0.05) is 25.1 Å². The van der Waals surface area contributed by atoms with E-state index in [-0.39, 0.29) is 29.5 Å². The molecule has 7 heteroatoms. The fraction of sp³-hybridized carbons (Fsp3) is 0.250. The molecule has 1 heterocycles. The molecule has 2 rings (SSSR count). The Kier molecular flexibility index (Phi) is 5.33. The van der Waals surface area contributed by atoms with E-state index in [2.05, 4.69) is 10.3 Å². The van der Waals surface area contributed by atoms with Crippen molar-refractivity contribution < 1.29 is 13.2 Å². The zero-order valence-electron chi connectivity index (χ0n) is 12.7. The van der Waals surface area contributed by atoms with Crippen LogP contribution in [0.25, 0.3) is 11.3 Å². The molecule has 1 aromatic heterocycles. The van der Waals surface area contributed by atoms with Gasteiger partial charge in [0.05, 0.1) is 5.75 Å². The maximum Gasteiger partial charge on any atom is 0.251 e. The molecule has 23 heavy (non-hydrogen) atoms. The van der Waals surface area contributed by atoms with Gasteiger partial charge in [0.1, 0.15) is 0 Å². The monoisotopic (exact) mass is 334 g/mol. The van der Waals surface area contributed by atoms with Crippen molar-refractivity contribution in [3.05, 3.63) is 58.4 Å². The van der Waals surface area contributed by atoms with Gasteiger partial charge in [-0.15, -0.1) is 0 Å². The number of hydrogen-bond donors (Lipinski definition) is 2. The lowest BCUT2D eigenvalue weighted by Crippen LogP contribution is -2.29. The van der Waals surface area contributed by atoms with Crippen molar-refractivity contribution in [1.82, 2.24) is 10.3 Å². The third-order valence-electron chi connectivity index (χ3n) is 3.36. The first-order valence-corrected chi connectivity index (χ1v) is 9.02. The third-order valence-corrected chi connectivity index (χ3v) is 5.07. The Bertz CT molecular complexity index is 839. The maximum absolute atomic E-state index is 12.0. The van der Waals surface area contributed by atoms with Crippen LogP contribution in [0, 0.1) is 0 Å². The number of carbonyl (C=O) groups excluding carboxylic acids is 1. The Hall–Kier alpha value is -2.41. The average molecular weight is 334 g/mol. The summed E-state index contributed by atoms with van der Waals surface area (Å²) in [5.74, 6) is -0.338. The molecule has 0 spiro atoms. The Balaban J connectivity index is 2.02. The van der Waals surface area contributed by atoms with Gasteiger partial charge in [-0.3, -0.25) is 9.59 Å². The van der Waals surface area contributed by atoms with Crippen LogP contribution >= 0.6 is 0 Å². The second-order valence-corrected chi connectivity index (χ2v) is 7.47. The molecule has 6 nitrogen and oxygen atoms in total. The van der Waals surface area contributed by atoms with Gasteiger partial charge < -0.3 is 10.3 Å². The van der Waals surface area contributed by atoms with Crippen LogP contribution < -0.4 is 10.9 Å². The van der Waals surface area contributed by atoms with Crippen molar-refractivity contribution in [1.29, 1.82) is 0 Å². The zero-order valence-corrected chi connectivity index (χ0v) is 13.5. The highest BCUT2D eigenvalue weighted by Gasteiger charge is 2.10. The summed E-state index contributed by atoms with van der Waals surface area (Å²) in [7, 11) is -3.09. The highest BCUT2D eigenvalue weighted by atomic mass is 32.2. The first kappa shape index (κ1) is 17.0. The fourth-order valence-corrected chi connectivity index (χ4v) is 2.69. The SMILES string of the molecule is CCS(=O)(=O)CCNC(=O)c1ccc(-c2cccc(=O)[nH]2)cc1. The Morgan fingerprint density at radius 2 is 1.83 bits per heavy atom. The van der Waals surface area contributed by atoms with E-state index in [1.807, 2.05) is 0 Å². The minimum Gasteiger partial charge on any atom is -0.351 e. The van der Waals surface area contributed by atoms with Crippen molar-refractivity contribution >= 4 is 15.7 Å². The summed E-state index contributed by atoms with van der Waals surface area (Å²) < 4.78 is 22.7. The van der Waals surface area contributed by atoms with Gasteiger partial charge in [0, 0.05) is 29.6 Å². The quantitative estimate of drug-likeness (QED) is 0.830. The molecule has 2 aromatic rings. The second-order valence-electron chi connectivity index (χ2n) is 5.00. The van der Waals surface area contributed by atoms with E-state index in [0.717, 1.165) is 5.56 Å². The molecule has 0 atom stereocenters. The Morgan fingerprint density at radius 3 is 2.43 bits per heavy atom. The highest BCUT2D eigenvalue weighted by molar-refractivity contribution is 7.91. The summed E-state index contributed by atoms with van der Waals surface area (Å²) in [6, 6.07) is 11.6. The number of nitrogens with one attached hydrogen (secondary N) is 2. The number of H-pyrrole nitrogens is 1. The predicted molar refractivity (Wildman–Crippen MR) is 89.2 cm³/mol. The third kappa shape index (κ3) is 4.79. The van der Waals surface area contributed by atoms with E-state index in [1.165, 1.54) is 6.07 Å². The van der Waals surface area contributed by atoms with Crippen LogP contribution in [0.4, 0.5) is 0 Å². The van der Waals surface area contributed by atoms with Gasteiger partial charge >= 0.3 is 0 Å². The smallest absolute Gasteiger partial charge is 0.251 e. The zero-order chi connectivity index (χ0) is 16.9. The van der Waals surface area contributed by atoms with Gasteiger partial charge in [0.15, 0.2) is 9.84 Å². The normalized spacial score (nSPS) is 11.2. The molecule has 0 unspecified atom stereocenters. The number of aromatic amines is 1. The summed E-state index contributed by atoms with van der Waals surface area (Å²) in [4.78, 5) is 26.0. The molecule has 0 aliphatic rings. The molecule has 1 aromatic carbocycles. The number of sulfone groups is 1. The van der Waals surface area contributed by atoms with E-state index in [9.17, 15) is 18.0 Å². The van der Waals surface area contributed by atoms with Gasteiger partial charge in [-0.05, 0) is 23.8 Å². The molecular weight excluding hydrogens is 316 g/mol. The molecule has 0 saturated carbocycles. The van der Waals surface area contributed by atoms with E-state index >= 15 is 0 Å². The molecule has 0 saturated heterocycles. The van der Waals surface area contributed by atoms with Crippen molar-refractivity contribution in [2.45, 2.75) is 6.92 Å². The van der Waals surface area contributed by atoms with Crippen LogP contribution in [-0.2, 0) is 9.84 Å². The molecule has 2 N–H and O–H groups in total. The van der Waals surface area contributed by atoms with E-state index in [1.54, 1.807) is 43.3 Å². The highest BCUT2D eigenvalue weighted by Crippen LogP contribution is 2.15. The fourth-order valence-electron chi connectivity index (χ4n) is 1.98. The Labute approximate surface area is 134 Å². The number of pyridine rings is 1. The van der Waals surface area contributed by atoms with E-state index in [4.69, 9.17) is 0 Å². The summed E-state index contributed by atoms with van der Waals surface area (Å²) in [5.41, 5.74) is 1.69. The number of hydrogen-bond acceptors (Lipinski definition) is 4. The minimum absolute atomic E-state index is 0.0623. The van der Waals surface area contributed by atoms with Crippen molar-refractivity contribution in [3.63, 3.8) is 0 Å². The van der Waals surface area contributed by atoms with Crippen LogP contribution in [0.1, 0.15) is 17.3 Å². The summed E-state index contributed by atoms with van der Waals surface area (Å²) in [6.45, 7) is 1.66. The van der Waals surface area contributed by atoms with Crippen LogP contribution in [0.2, 0.25) is 0 Å². The summed E-state index contributed by atoms with van der Waals surface area (Å²) in [6.07, 6.45) is 0. The van der Waals surface area contributed by atoms with Crippen molar-refractivity contribution in [2.24, 2.45) is 0 Å². The molecule has 0 radical (unpaired) electrons. The van der Waals surface area contributed by atoms with Crippen LogP contribution in [0.5, 0.6) is 0 Å². The average Bonchev–Trinajstić information content (AvgIpc) is 2.55. The largest absolute Gasteiger partial charge is 0.351 e. The molecule has 0 bridgehead atoms. The van der Waals surface area contributed by atoms with Crippen molar-refractivity contribution in [2.75, 3.05) is 18.1 Å². The number of carbonyl (C=O) groups is 1. The van der Waals surface area contributed by atoms with Crippen LogP contribution in [0.3, 0.4) is 0 Å². The molecule has 1 amide bonds. The van der Waals surface area contributed by atoms with Crippen molar-refractivity contribution in [3.8, 4) is 11.3 Å². The molecule has 122 valence electrons.